The molecule has 0 saturated heterocycles. The van der Waals surface area contributed by atoms with Gasteiger partial charge in [-0.2, -0.15) is 0 Å². The lowest BCUT2D eigenvalue weighted by Crippen LogP contribution is -2.36. The van der Waals surface area contributed by atoms with Gasteiger partial charge in [-0.1, -0.05) is 18.2 Å². The molecule has 182 valence electrons. The van der Waals surface area contributed by atoms with Crippen LogP contribution in [0.2, 0.25) is 0 Å². The third-order valence-electron chi connectivity index (χ3n) is 6.19. The zero-order valence-electron chi connectivity index (χ0n) is 19.8. The van der Waals surface area contributed by atoms with Gasteiger partial charge in [0.25, 0.3) is 11.8 Å². The maximum Gasteiger partial charge on any atom is 0.291 e. The number of aromatic amines is 1. The summed E-state index contributed by atoms with van der Waals surface area (Å²) in [5.41, 5.74) is 3.35. The Morgan fingerprint density at radius 3 is 2.75 bits per heavy atom. The fourth-order valence-corrected chi connectivity index (χ4v) is 4.39. The predicted molar refractivity (Wildman–Crippen MR) is 137 cm³/mol. The van der Waals surface area contributed by atoms with E-state index in [0.29, 0.717) is 5.52 Å². The zero-order valence-corrected chi connectivity index (χ0v) is 19.8. The molecular weight excluding hydrogens is 459 g/mol. The van der Waals surface area contributed by atoms with Crippen LogP contribution in [0.25, 0.3) is 27.9 Å². The summed E-state index contributed by atoms with van der Waals surface area (Å²) in [6, 6.07) is 15.1. The number of nitrogens with zero attached hydrogens (tertiary/aromatic N) is 1. The SMILES string of the molecule is CCn1cc(/C=C(\NC(=O)c2ccco2)C(=O)NC(C)c2c[nH]c3cc(F)ccc23)c2ccccc21. The van der Waals surface area contributed by atoms with Crippen molar-refractivity contribution in [2.24, 2.45) is 0 Å². The Balaban J connectivity index is 1.49. The number of benzene rings is 2. The molecule has 7 nitrogen and oxygen atoms in total. The smallest absolute Gasteiger partial charge is 0.291 e. The van der Waals surface area contributed by atoms with Crippen molar-refractivity contribution in [3.05, 3.63) is 102 Å². The number of fused-ring (bicyclic) bond motifs is 2. The number of aromatic nitrogens is 2. The summed E-state index contributed by atoms with van der Waals surface area (Å²) in [6.07, 6.45) is 6.76. The highest BCUT2D eigenvalue weighted by molar-refractivity contribution is 6.06. The number of nitrogens with one attached hydrogen (secondary N) is 3. The summed E-state index contributed by atoms with van der Waals surface area (Å²) in [4.78, 5) is 29.3. The van der Waals surface area contributed by atoms with E-state index in [-0.39, 0.29) is 17.3 Å². The molecule has 3 aromatic heterocycles. The average Bonchev–Trinajstić information content (AvgIpc) is 3.62. The Bertz CT molecular complexity index is 1590. The second-order valence-corrected chi connectivity index (χ2v) is 8.51. The normalized spacial score (nSPS) is 12.7. The average molecular weight is 485 g/mol. The molecule has 0 radical (unpaired) electrons. The highest BCUT2D eigenvalue weighted by Gasteiger charge is 2.21. The first kappa shape index (κ1) is 23.2. The van der Waals surface area contributed by atoms with Gasteiger partial charge in [0.05, 0.1) is 12.3 Å². The van der Waals surface area contributed by atoms with Gasteiger partial charge in [-0.15, -0.1) is 0 Å². The summed E-state index contributed by atoms with van der Waals surface area (Å²) in [5, 5.41) is 7.43. The minimum atomic E-state index is -0.532. The van der Waals surface area contributed by atoms with Gasteiger partial charge < -0.3 is 24.6 Å². The van der Waals surface area contributed by atoms with Crippen LogP contribution in [0.5, 0.6) is 0 Å². The van der Waals surface area contributed by atoms with Crippen LogP contribution in [0.4, 0.5) is 4.39 Å². The Labute approximate surface area is 206 Å². The van der Waals surface area contributed by atoms with Gasteiger partial charge >= 0.3 is 0 Å². The van der Waals surface area contributed by atoms with E-state index in [4.69, 9.17) is 4.42 Å². The third-order valence-corrected chi connectivity index (χ3v) is 6.19. The summed E-state index contributed by atoms with van der Waals surface area (Å²) < 4.78 is 20.9. The molecule has 1 unspecified atom stereocenters. The van der Waals surface area contributed by atoms with Crippen LogP contribution in [-0.2, 0) is 11.3 Å². The first-order valence-corrected chi connectivity index (χ1v) is 11.7. The largest absolute Gasteiger partial charge is 0.459 e. The highest BCUT2D eigenvalue weighted by Crippen LogP contribution is 2.26. The fourth-order valence-electron chi connectivity index (χ4n) is 4.39. The summed E-state index contributed by atoms with van der Waals surface area (Å²) in [5.74, 6) is -1.25. The molecule has 1 atom stereocenters. The Kier molecular flexibility index (Phi) is 6.16. The first-order valence-electron chi connectivity index (χ1n) is 11.7. The van der Waals surface area contributed by atoms with Gasteiger partial charge in [0.1, 0.15) is 11.5 Å². The van der Waals surface area contributed by atoms with Crippen molar-refractivity contribution in [2.75, 3.05) is 0 Å². The fraction of sp³-hybridized carbons (Fsp3) is 0.143. The number of para-hydroxylation sites is 1. The predicted octanol–water partition coefficient (Wildman–Crippen LogP) is 5.52. The van der Waals surface area contributed by atoms with Crippen molar-refractivity contribution in [3.8, 4) is 0 Å². The first-order chi connectivity index (χ1) is 17.4. The molecule has 8 heteroatoms. The number of H-pyrrole nitrogens is 1. The molecule has 5 aromatic rings. The molecule has 0 aliphatic heterocycles. The van der Waals surface area contributed by atoms with E-state index in [2.05, 4.69) is 20.2 Å². The highest BCUT2D eigenvalue weighted by atomic mass is 19.1. The molecule has 0 spiro atoms. The summed E-state index contributed by atoms with van der Waals surface area (Å²) in [6.45, 7) is 4.63. The quantitative estimate of drug-likeness (QED) is 0.266. The lowest BCUT2D eigenvalue weighted by molar-refractivity contribution is -0.118. The van der Waals surface area contributed by atoms with E-state index < -0.39 is 17.9 Å². The lowest BCUT2D eigenvalue weighted by Gasteiger charge is -2.16. The molecule has 5 rings (SSSR count). The molecule has 2 amide bonds. The monoisotopic (exact) mass is 484 g/mol. The number of amides is 2. The van der Waals surface area contributed by atoms with Crippen molar-refractivity contribution in [2.45, 2.75) is 26.4 Å². The number of furan rings is 1. The summed E-state index contributed by atoms with van der Waals surface area (Å²) in [7, 11) is 0. The molecule has 2 aromatic carbocycles. The Morgan fingerprint density at radius 2 is 1.97 bits per heavy atom. The van der Waals surface area contributed by atoms with Crippen molar-refractivity contribution in [3.63, 3.8) is 0 Å². The third kappa shape index (κ3) is 4.40. The minimum absolute atomic E-state index is 0.0770. The maximum absolute atomic E-state index is 13.6. The number of halogens is 1. The molecule has 0 bridgehead atoms. The molecule has 3 N–H and O–H groups in total. The maximum atomic E-state index is 13.6. The van der Waals surface area contributed by atoms with E-state index in [9.17, 15) is 14.0 Å². The number of rotatable bonds is 7. The standard InChI is InChI=1S/C28H25FN4O3/c1-3-33-16-18(20-7-4-5-8-25(20)33)13-24(32-28(35)26-9-6-12-36-26)27(34)31-17(2)22-15-30-23-14-19(29)10-11-21(22)23/h4-17,30H,3H2,1-2H3,(H,31,34)(H,32,35)/b24-13-. The van der Waals surface area contributed by atoms with Gasteiger partial charge in [0, 0.05) is 46.3 Å². The van der Waals surface area contributed by atoms with Crippen LogP contribution in [0.15, 0.2) is 83.4 Å². The number of carbonyl (C=O) groups is 2. The molecular formula is C28H25FN4O3. The zero-order chi connectivity index (χ0) is 25.2. The molecule has 0 aliphatic rings. The Hall–Kier alpha value is -4.59. The van der Waals surface area contributed by atoms with Crippen LogP contribution < -0.4 is 10.6 Å². The lowest BCUT2D eigenvalue weighted by atomic mass is 10.1. The van der Waals surface area contributed by atoms with Gasteiger partial charge in [-0.3, -0.25) is 9.59 Å². The van der Waals surface area contributed by atoms with Gasteiger partial charge in [-0.05, 0) is 61.9 Å². The second kappa shape index (κ2) is 9.58. The molecule has 0 aliphatic carbocycles. The van der Waals surface area contributed by atoms with E-state index >= 15 is 0 Å². The van der Waals surface area contributed by atoms with E-state index in [1.807, 2.05) is 44.3 Å². The van der Waals surface area contributed by atoms with Crippen LogP contribution in [-0.4, -0.2) is 21.4 Å². The summed E-state index contributed by atoms with van der Waals surface area (Å²) >= 11 is 0. The van der Waals surface area contributed by atoms with Crippen molar-refractivity contribution >= 4 is 39.7 Å². The number of carbonyl (C=O) groups excluding carboxylic acids is 2. The number of hydrogen-bond acceptors (Lipinski definition) is 3. The second-order valence-electron chi connectivity index (χ2n) is 8.51. The van der Waals surface area contributed by atoms with Gasteiger partial charge in [-0.25, -0.2) is 4.39 Å². The molecule has 36 heavy (non-hydrogen) atoms. The van der Waals surface area contributed by atoms with Crippen molar-refractivity contribution < 1.29 is 18.4 Å². The van der Waals surface area contributed by atoms with Crippen LogP contribution in [0.1, 0.15) is 41.6 Å². The number of aryl methyl sites for hydroxylation is 1. The Morgan fingerprint density at radius 1 is 1.14 bits per heavy atom. The molecule has 0 fully saturated rings. The van der Waals surface area contributed by atoms with Gasteiger partial charge in [0.15, 0.2) is 5.76 Å². The van der Waals surface area contributed by atoms with Crippen LogP contribution >= 0.6 is 0 Å². The molecule has 3 heterocycles. The van der Waals surface area contributed by atoms with Crippen molar-refractivity contribution in [1.29, 1.82) is 0 Å². The van der Waals surface area contributed by atoms with E-state index in [1.165, 1.54) is 24.5 Å². The van der Waals surface area contributed by atoms with Crippen LogP contribution in [0.3, 0.4) is 0 Å². The van der Waals surface area contributed by atoms with E-state index in [1.54, 1.807) is 24.4 Å². The number of hydrogen-bond donors (Lipinski definition) is 3. The molecule has 0 saturated carbocycles. The minimum Gasteiger partial charge on any atom is -0.459 e. The van der Waals surface area contributed by atoms with Crippen LogP contribution in [0, 0.1) is 5.82 Å². The van der Waals surface area contributed by atoms with Gasteiger partial charge in [0.2, 0.25) is 0 Å². The van der Waals surface area contributed by atoms with Crippen molar-refractivity contribution in [1.82, 2.24) is 20.2 Å². The topological polar surface area (TPSA) is 92.1 Å². The van der Waals surface area contributed by atoms with E-state index in [0.717, 1.165) is 34.0 Å².